The molecular formula is C13H24N4O3. The molecule has 5 N–H and O–H groups in total. The van der Waals surface area contributed by atoms with E-state index in [0.29, 0.717) is 18.8 Å². The molecule has 20 heavy (non-hydrogen) atoms. The molecule has 1 rings (SSSR count). The lowest BCUT2D eigenvalue weighted by atomic mass is 9.61. The molecule has 0 bridgehead atoms. The molecule has 114 valence electrons. The van der Waals surface area contributed by atoms with E-state index in [1.54, 1.807) is 20.9 Å². The zero-order chi connectivity index (χ0) is 15.6. The third-order valence-corrected chi connectivity index (χ3v) is 3.96. The number of hydrogen-bond acceptors (Lipinski definition) is 4. The van der Waals surface area contributed by atoms with E-state index in [-0.39, 0.29) is 24.2 Å². The lowest BCUT2D eigenvalue weighted by Crippen LogP contribution is -2.58. The number of nitrogens with one attached hydrogen (secondary N) is 2. The Morgan fingerprint density at radius 2 is 2.00 bits per heavy atom. The molecule has 0 saturated heterocycles. The normalized spacial score (nSPS) is 26.6. The van der Waals surface area contributed by atoms with Gasteiger partial charge in [-0.15, -0.1) is 0 Å². The Morgan fingerprint density at radius 3 is 2.40 bits per heavy atom. The predicted molar refractivity (Wildman–Crippen MR) is 75.1 cm³/mol. The van der Waals surface area contributed by atoms with E-state index in [4.69, 9.17) is 10.9 Å². The van der Waals surface area contributed by atoms with Gasteiger partial charge in [0.2, 0.25) is 11.8 Å². The van der Waals surface area contributed by atoms with Gasteiger partial charge in [0.1, 0.15) is 5.41 Å². The Labute approximate surface area is 119 Å². The minimum atomic E-state index is -0.938. The molecule has 1 aliphatic rings. The monoisotopic (exact) mass is 284 g/mol. The van der Waals surface area contributed by atoms with Gasteiger partial charge in [0.05, 0.1) is 5.41 Å². The highest BCUT2D eigenvalue weighted by molar-refractivity contribution is 6.07. The average molecular weight is 284 g/mol. The molecule has 7 heteroatoms. The maximum absolute atomic E-state index is 12.3. The highest BCUT2D eigenvalue weighted by Crippen LogP contribution is 2.45. The van der Waals surface area contributed by atoms with Gasteiger partial charge in [-0.2, -0.15) is 0 Å². The van der Waals surface area contributed by atoms with Gasteiger partial charge in [-0.25, -0.2) is 0 Å². The fourth-order valence-corrected chi connectivity index (χ4v) is 2.63. The molecule has 1 aliphatic carbocycles. The summed E-state index contributed by atoms with van der Waals surface area (Å²) in [4.78, 5) is 24.0. The number of amidine groups is 1. The van der Waals surface area contributed by atoms with Crippen LogP contribution in [0.3, 0.4) is 0 Å². The third kappa shape index (κ3) is 2.86. The first-order valence-electron chi connectivity index (χ1n) is 6.68. The molecule has 1 saturated carbocycles. The number of nitrogens with two attached hydrogens (primary N) is 1. The first-order chi connectivity index (χ1) is 9.19. The summed E-state index contributed by atoms with van der Waals surface area (Å²) in [6.07, 6.45) is 1.10. The molecule has 0 radical (unpaired) electrons. The Balaban J connectivity index is 2.73. The summed E-state index contributed by atoms with van der Waals surface area (Å²) in [6.45, 7) is 5.68. The van der Waals surface area contributed by atoms with Gasteiger partial charge in [-0.3, -0.25) is 9.59 Å². The summed E-state index contributed by atoms with van der Waals surface area (Å²) in [7, 11) is 1.55. The molecule has 0 atom stereocenters. The van der Waals surface area contributed by atoms with E-state index >= 15 is 0 Å². The number of nitrogens with zero attached hydrogens (tertiary/aromatic N) is 1. The minimum Gasteiger partial charge on any atom is -0.409 e. The Morgan fingerprint density at radius 1 is 1.45 bits per heavy atom. The number of amides is 2. The lowest BCUT2D eigenvalue weighted by molar-refractivity contribution is -0.135. The van der Waals surface area contributed by atoms with Gasteiger partial charge < -0.3 is 21.6 Å². The van der Waals surface area contributed by atoms with E-state index in [0.717, 1.165) is 0 Å². The minimum absolute atomic E-state index is 0.0640. The number of carbonyl (C=O) groups is 2. The average Bonchev–Trinajstić information content (AvgIpc) is 2.38. The van der Waals surface area contributed by atoms with Crippen molar-refractivity contribution in [3.05, 3.63) is 0 Å². The van der Waals surface area contributed by atoms with Crippen LogP contribution in [0.25, 0.3) is 0 Å². The van der Waals surface area contributed by atoms with E-state index < -0.39 is 10.8 Å². The standard InChI is InChI=1S/C13H24N4O3/c1-8-5-13(6-8,9(14)17-20)11(19)16-7-12(2,3)10(18)15-4/h8,20H,5-7H2,1-4H3,(H2,14,17)(H,15,18)(H,16,19). The van der Waals surface area contributed by atoms with Crippen molar-refractivity contribution in [3.8, 4) is 0 Å². The maximum Gasteiger partial charge on any atom is 0.234 e. The smallest absolute Gasteiger partial charge is 0.234 e. The van der Waals surface area contributed by atoms with Crippen LogP contribution in [-0.2, 0) is 9.59 Å². The van der Waals surface area contributed by atoms with Gasteiger partial charge >= 0.3 is 0 Å². The van der Waals surface area contributed by atoms with E-state index in [2.05, 4.69) is 15.8 Å². The first-order valence-corrected chi connectivity index (χ1v) is 6.68. The van der Waals surface area contributed by atoms with E-state index in [9.17, 15) is 9.59 Å². The first kappa shape index (κ1) is 16.3. The summed E-state index contributed by atoms with van der Waals surface area (Å²) in [5, 5.41) is 17.1. The van der Waals surface area contributed by atoms with Crippen LogP contribution < -0.4 is 16.4 Å². The maximum atomic E-state index is 12.3. The van der Waals surface area contributed by atoms with Crippen molar-refractivity contribution in [1.82, 2.24) is 10.6 Å². The topological polar surface area (TPSA) is 117 Å². The van der Waals surface area contributed by atoms with Crippen LogP contribution in [0.5, 0.6) is 0 Å². The highest BCUT2D eigenvalue weighted by Gasteiger charge is 2.52. The quantitative estimate of drug-likeness (QED) is 0.247. The lowest BCUT2D eigenvalue weighted by Gasteiger charge is -2.44. The fourth-order valence-electron chi connectivity index (χ4n) is 2.63. The zero-order valence-corrected chi connectivity index (χ0v) is 12.5. The van der Waals surface area contributed by atoms with E-state index in [1.807, 2.05) is 6.92 Å². The largest absolute Gasteiger partial charge is 0.409 e. The molecule has 1 fully saturated rings. The van der Waals surface area contributed by atoms with Crippen LogP contribution in [0.2, 0.25) is 0 Å². The summed E-state index contributed by atoms with van der Waals surface area (Å²) < 4.78 is 0. The molecule has 0 aromatic heterocycles. The van der Waals surface area contributed by atoms with Gasteiger partial charge in [0.15, 0.2) is 5.84 Å². The van der Waals surface area contributed by atoms with Gasteiger partial charge in [0, 0.05) is 13.6 Å². The molecule has 2 amide bonds. The zero-order valence-electron chi connectivity index (χ0n) is 12.5. The molecular weight excluding hydrogens is 260 g/mol. The predicted octanol–water partition coefficient (Wildman–Crippen LogP) is 0.0375. The van der Waals surface area contributed by atoms with Crippen LogP contribution >= 0.6 is 0 Å². The molecule has 7 nitrogen and oxygen atoms in total. The van der Waals surface area contributed by atoms with Crippen LogP contribution in [0.1, 0.15) is 33.6 Å². The third-order valence-electron chi connectivity index (χ3n) is 3.96. The number of carbonyl (C=O) groups excluding carboxylic acids is 2. The summed E-state index contributed by atoms with van der Waals surface area (Å²) >= 11 is 0. The summed E-state index contributed by atoms with van der Waals surface area (Å²) in [5.74, 6) is -0.153. The number of rotatable bonds is 5. The molecule has 0 spiro atoms. The molecule has 0 heterocycles. The van der Waals surface area contributed by atoms with Gasteiger partial charge in [0.25, 0.3) is 0 Å². The molecule has 0 unspecified atom stereocenters. The molecule has 0 aromatic rings. The van der Waals surface area contributed by atoms with Crippen molar-refractivity contribution in [2.45, 2.75) is 33.6 Å². The van der Waals surface area contributed by atoms with Crippen molar-refractivity contribution in [2.75, 3.05) is 13.6 Å². The van der Waals surface area contributed by atoms with Crippen LogP contribution in [0.4, 0.5) is 0 Å². The second kappa shape index (κ2) is 5.68. The van der Waals surface area contributed by atoms with Crippen molar-refractivity contribution < 1.29 is 14.8 Å². The van der Waals surface area contributed by atoms with Gasteiger partial charge in [-0.1, -0.05) is 12.1 Å². The second-order valence-electron chi connectivity index (χ2n) is 6.23. The number of hydrogen-bond donors (Lipinski definition) is 4. The highest BCUT2D eigenvalue weighted by atomic mass is 16.4. The Kier molecular flexibility index (Phi) is 4.62. The van der Waals surface area contributed by atoms with E-state index in [1.165, 1.54) is 0 Å². The molecule has 0 aliphatic heterocycles. The van der Waals surface area contributed by atoms with Crippen LogP contribution in [-0.4, -0.2) is 36.4 Å². The van der Waals surface area contributed by atoms with Crippen molar-refractivity contribution in [2.24, 2.45) is 27.6 Å². The van der Waals surface area contributed by atoms with Crippen molar-refractivity contribution in [1.29, 1.82) is 0 Å². The summed E-state index contributed by atoms with van der Waals surface area (Å²) in [5.41, 5.74) is 4.01. The fraction of sp³-hybridized carbons (Fsp3) is 0.769. The van der Waals surface area contributed by atoms with Gasteiger partial charge in [-0.05, 0) is 32.6 Å². The Hall–Kier alpha value is -1.79. The number of oxime groups is 1. The van der Waals surface area contributed by atoms with Crippen LogP contribution in [0.15, 0.2) is 5.16 Å². The van der Waals surface area contributed by atoms with Crippen molar-refractivity contribution >= 4 is 17.6 Å². The Bertz CT molecular complexity index is 425. The summed E-state index contributed by atoms with van der Waals surface area (Å²) in [6, 6.07) is 0. The second-order valence-corrected chi connectivity index (χ2v) is 6.23. The SMILES string of the molecule is CNC(=O)C(C)(C)CNC(=O)C1(C(N)=NO)CC(C)C1. The van der Waals surface area contributed by atoms with Crippen molar-refractivity contribution in [3.63, 3.8) is 0 Å². The molecule has 0 aromatic carbocycles. The van der Waals surface area contributed by atoms with Crippen LogP contribution in [0, 0.1) is 16.7 Å².